The van der Waals surface area contributed by atoms with E-state index in [1.807, 2.05) is 23.9 Å². The highest BCUT2D eigenvalue weighted by Crippen LogP contribution is 2.41. The van der Waals surface area contributed by atoms with Gasteiger partial charge in [-0.15, -0.1) is 23.1 Å². The van der Waals surface area contributed by atoms with Crippen LogP contribution in [0.3, 0.4) is 0 Å². The maximum Gasteiger partial charge on any atom is 0.248 e. The number of nitrogens with zero attached hydrogens (tertiary/aromatic N) is 1. The van der Waals surface area contributed by atoms with Crippen molar-refractivity contribution in [2.75, 3.05) is 0 Å². The van der Waals surface area contributed by atoms with Gasteiger partial charge in [0.2, 0.25) is 5.91 Å². The van der Waals surface area contributed by atoms with Crippen LogP contribution in [0.1, 0.15) is 45.3 Å². The first-order chi connectivity index (χ1) is 12.7. The van der Waals surface area contributed by atoms with Gasteiger partial charge in [0, 0.05) is 27.5 Å². The minimum Gasteiger partial charge on any atom is -0.366 e. The molecule has 0 bridgehead atoms. The van der Waals surface area contributed by atoms with Crippen molar-refractivity contribution >= 4 is 29.0 Å². The van der Waals surface area contributed by atoms with E-state index in [0.717, 1.165) is 22.0 Å². The summed E-state index contributed by atoms with van der Waals surface area (Å²) < 4.78 is 0. The average Bonchev–Trinajstić information content (AvgIpc) is 3.15. The third-order valence-electron chi connectivity index (χ3n) is 4.71. The smallest absolute Gasteiger partial charge is 0.248 e. The van der Waals surface area contributed by atoms with Crippen molar-refractivity contribution in [1.29, 1.82) is 0 Å². The van der Waals surface area contributed by atoms with Gasteiger partial charge in [0.05, 0.1) is 5.69 Å². The zero-order valence-electron chi connectivity index (χ0n) is 14.4. The molecule has 4 rings (SSSR count). The van der Waals surface area contributed by atoms with E-state index in [1.54, 1.807) is 23.5 Å². The van der Waals surface area contributed by atoms with Gasteiger partial charge in [-0.25, -0.2) is 4.98 Å². The summed E-state index contributed by atoms with van der Waals surface area (Å²) in [5, 5.41) is 3.69. The van der Waals surface area contributed by atoms with Gasteiger partial charge in [-0.1, -0.05) is 36.4 Å². The number of primary amides is 1. The fourth-order valence-corrected chi connectivity index (χ4v) is 5.55. The van der Waals surface area contributed by atoms with Crippen molar-refractivity contribution in [3.63, 3.8) is 0 Å². The number of hydrogen-bond donors (Lipinski definition) is 1. The second kappa shape index (κ2) is 7.64. The molecule has 1 unspecified atom stereocenters. The Balaban J connectivity index is 1.44. The summed E-state index contributed by atoms with van der Waals surface area (Å²) >= 11 is 3.64. The van der Waals surface area contributed by atoms with E-state index in [-0.39, 0.29) is 0 Å². The summed E-state index contributed by atoms with van der Waals surface area (Å²) in [6, 6.07) is 16.2. The number of amides is 1. The predicted octanol–water partition coefficient (Wildman–Crippen LogP) is 5.22. The Hall–Kier alpha value is -2.11. The highest BCUT2D eigenvalue weighted by Gasteiger charge is 2.20. The number of thiazole rings is 1. The first-order valence-electron chi connectivity index (χ1n) is 8.75. The summed E-state index contributed by atoms with van der Waals surface area (Å²) in [7, 11) is 0. The maximum atomic E-state index is 11.2. The molecule has 132 valence electrons. The second-order valence-electron chi connectivity index (χ2n) is 6.48. The molecule has 1 aliphatic carbocycles. The average molecular weight is 381 g/mol. The molecule has 1 heterocycles. The molecule has 0 aliphatic heterocycles. The standard InChI is InChI=1S/C21H20N2OS2/c22-20(24)15-8-10-16(11-9-15)21-23-17(13-26-21)12-25-19-7-3-5-14-4-1-2-6-18(14)19/h1-2,4,6,8-11,13,19H,3,5,7,12H2,(H2,22,24). The monoisotopic (exact) mass is 380 g/mol. The molecule has 2 N–H and O–H groups in total. The van der Waals surface area contributed by atoms with Crippen molar-refractivity contribution in [3.8, 4) is 10.6 Å². The molecule has 0 fully saturated rings. The molecule has 1 amide bonds. The molecule has 1 aliphatic rings. The van der Waals surface area contributed by atoms with Crippen molar-refractivity contribution in [2.45, 2.75) is 30.3 Å². The van der Waals surface area contributed by atoms with E-state index in [9.17, 15) is 4.79 Å². The topological polar surface area (TPSA) is 56.0 Å². The van der Waals surface area contributed by atoms with Crippen molar-refractivity contribution in [2.24, 2.45) is 5.73 Å². The highest BCUT2D eigenvalue weighted by atomic mass is 32.2. The Bertz CT molecular complexity index is 918. The number of fused-ring (bicyclic) bond motifs is 1. The molecule has 0 radical (unpaired) electrons. The lowest BCUT2D eigenvalue weighted by molar-refractivity contribution is 0.100. The molecule has 5 heteroatoms. The number of hydrogen-bond acceptors (Lipinski definition) is 4. The molecule has 0 spiro atoms. The molecular weight excluding hydrogens is 360 g/mol. The molecule has 26 heavy (non-hydrogen) atoms. The Kier molecular flexibility index (Phi) is 5.09. The summed E-state index contributed by atoms with van der Waals surface area (Å²) in [5.74, 6) is 0.523. The van der Waals surface area contributed by atoms with Crippen LogP contribution in [0.5, 0.6) is 0 Å². The fourth-order valence-electron chi connectivity index (χ4n) is 3.35. The Labute approximate surface area is 161 Å². The number of thioether (sulfide) groups is 1. The minimum absolute atomic E-state index is 0.402. The van der Waals surface area contributed by atoms with E-state index in [0.29, 0.717) is 10.8 Å². The Morgan fingerprint density at radius 3 is 2.81 bits per heavy atom. The van der Waals surface area contributed by atoms with Crippen molar-refractivity contribution in [1.82, 2.24) is 4.98 Å². The zero-order valence-corrected chi connectivity index (χ0v) is 16.0. The number of benzene rings is 2. The number of rotatable bonds is 5. The number of aromatic nitrogens is 1. The first-order valence-corrected chi connectivity index (χ1v) is 10.7. The normalized spacial score (nSPS) is 16.2. The van der Waals surface area contributed by atoms with E-state index >= 15 is 0 Å². The first kappa shape index (κ1) is 17.3. The third-order valence-corrected chi connectivity index (χ3v) is 7.01. The van der Waals surface area contributed by atoms with E-state index in [1.165, 1.54) is 30.4 Å². The van der Waals surface area contributed by atoms with Crippen LogP contribution in [0.25, 0.3) is 10.6 Å². The minimum atomic E-state index is -0.402. The molecule has 3 nitrogen and oxygen atoms in total. The Morgan fingerprint density at radius 2 is 2.00 bits per heavy atom. The third kappa shape index (κ3) is 3.69. The summed E-state index contributed by atoms with van der Waals surface area (Å²) in [4.78, 5) is 16.0. The number of aryl methyl sites for hydroxylation is 1. The van der Waals surface area contributed by atoms with Gasteiger partial charge in [-0.3, -0.25) is 4.79 Å². The van der Waals surface area contributed by atoms with Crippen molar-refractivity contribution in [3.05, 3.63) is 76.3 Å². The number of carbonyl (C=O) groups is 1. The quantitative estimate of drug-likeness (QED) is 0.660. The van der Waals surface area contributed by atoms with E-state index in [4.69, 9.17) is 10.7 Å². The van der Waals surface area contributed by atoms with Crippen LogP contribution in [-0.4, -0.2) is 10.9 Å². The van der Waals surface area contributed by atoms with Crippen LogP contribution in [0.4, 0.5) is 0 Å². The lowest BCUT2D eigenvalue weighted by Gasteiger charge is -2.24. The summed E-state index contributed by atoms with van der Waals surface area (Å²) in [5.41, 5.74) is 11.0. The summed E-state index contributed by atoms with van der Waals surface area (Å²) in [6.07, 6.45) is 3.71. The molecular formula is C21H20N2OS2. The van der Waals surface area contributed by atoms with Crippen molar-refractivity contribution < 1.29 is 4.79 Å². The lowest BCUT2D eigenvalue weighted by atomic mass is 9.91. The molecule has 0 saturated heterocycles. The molecule has 3 aromatic rings. The number of carbonyl (C=O) groups excluding carboxylic acids is 1. The van der Waals surface area contributed by atoms with Crippen LogP contribution in [0.2, 0.25) is 0 Å². The Morgan fingerprint density at radius 1 is 1.19 bits per heavy atom. The lowest BCUT2D eigenvalue weighted by Crippen LogP contribution is -2.10. The van der Waals surface area contributed by atoms with Crippen LogP contribution in [0.15, 0.2) is 53.9 Å². The van der Waals surface area contributed by atoms with Gasteiger partial charge >= 0.3 is 0 Å². The van der Waals surface area contributed by atoms with Crippen LogP contribution < -0.4 is 5.73 Å². The molecule has 1 aromatic heterocycles. The van der Waals surface area contributed by atoms with E-state index < -0.39 is 5.91 Å². The molecule has 2 aromatic carbocycles. The van der Waals surface area contributed by atoms with Gasteiger partial charge < -0.3 is 5.73 Å². The van der Waals surface area contributed by atoms with Gasteiger partial charge in [-0.2, -0.15) is 0 Å². The summed E-state index contributed by atoms with van der Waals surface area (Å²) in [6.45, 7) is 0. The molecule has 0 saturated carbocycles. The second-order valence-corrected chi connectivity index (χ2v) is 8.53. The predicted molar refractivity (Wildman–Crippen MR) is 109 cm³/mol. The van der Waals surface area contributed by atoms with Gasteiger partial charge in [0.1, 0.15) is 5.01 Å². The van der Waals surface area contributed by atoms with Gasteiger partial charge in [0.25, 0.3) is 0 Å². The largest absolute Gasteiger partial charge is 0.366 e. The van der Waals surface area contributed by atoms with Crippen LogP contribution >= 0.6 is 23.1 Å². The highest BCUT2D eigenvalue weighted by molar-refractivity contribution is 7.98. The van der Waals surface area contributed by atoms with E-state index in [2.05, 4.69) is 29.6 Å². The SMILES string of the molecule is NC(=O)c1ccc(-c2nc(CSC3CCCc4ccccc43)cs2)cc1. The van der Waals surface area contributed by atoms with Gasteiger partial charge in [-0.05, 0) is 42.5 Å². The fraction of sp³-hybridized carbons (Fsp3) is 0.238. The van der Waals surface area contributed by atoms with Gasteiger partial charge in [0.15, 0.2) is 0 Å². The maximum absolute atomic E-state index is 11.2. The molecule has 1 atom stereocenters. The zero-order chi connectivity index (χ0) is 17.9. The van der Waals surface area contributed by atoms with Crippen LogP contribution in [0, 0.1) is 0 Å². The number of nitrogens with two attached hydrogens (primary N) is 1. The van der Waals surface area contributed by atoms with Crippen LogP contribution in [-0.2, 0) is 12.2 Å².